The minimum Gasteiger partial charge on any atom is -0.462 e. The summed E-state index contributed by atoms with van der Waals surface area (Å²) in [6.07, 6.45) is 71.6. The number of phosphoric acid groups is 2. The zero-order valence-corrected chi connectivity index (χ0v) is 64.0. The Bertz CT molecular complexity index is 2140. The molecule has 0 aliphatic rings. The predicted octanol–water partition coefficient (Wildman–Crippen LogP) is 22.4. The molecule has 0 heterocycles. The molecule has 5 atom stereocenters. The van der Waals surface area contributed by atoms with Gasteiger partial charge in [-0.3, -0.25) is 37.3 Å². The van der Waals surface area contributed by atoms with E-state index in [1.807, 2.05) is 0 Å². The highest BCUT2D eigenvalue weighted by Crippen LogP contribution is 2.45. The first-order chi connectivity index (χ1) is 47.7. The van der Waals surface area contributed by atoms with E-state index in [4.69, 9.17) is 37.0 Å². The maximum absolute atomic E-state index is 13.1. The predicted molar refractivity (Wildman–Crippen MR) is 400 cm³/mol. The molecule has 3 N–H and O–H groups in total. The number of carbonyl (C=O) groups excluding carboxylic acids is 4. The van der Waals surface area contributed by atoms with E-state index in [2.05, 4.69) is 101 Å². The monoisotopic (exact) mass is 1420 g/mol. The molecular weight excluding hydrogens is 1280 g/mol. The Labute approximate surface area is 596 Å². The minimum absolute atomic E-state index is 0.0778. The maximum atomic E-state index is 13.1. The van der Waals surface area contributed by atoms with Gasteiger partial charge < -0.3 is 33.8 Å². The number of unbranched alkanes of at least 4 members (excludes halogenated alkanes) is 36. The zero-order valence-electron chi connectivity index (χ0n) is 62.2. The van der Waals surface area contributed by atoms with Crippen LogP contribution in [0.2, 0.25) is 0 Å². The second-order valence-electron chi connectivity index (χ2n) is 26.3. The molecule has 19 heteroatoms. The second-order valence-corrected chi connectivity index (χ2v) is 29.2. The van der Waals surface area contributed by atoms with Gasteiger partial charge in [-0.05, 0) is 141 Å². The average molecular weight is 1430 g/mol. The van der Waals surface area contributed by atoms with Crippen molar-refractivity contribution in [1.82, 2.24) is 0 Å². The van der Waals surface area contributed by atoms with Gasteiger partial charge in [-0.2, -0.15) is 0 Å². The number of ether oxygens (including phenoxy) is 4. The Balaban J connectivity index is 5.37. The molecule has 0 amide bonds. The van der Waals surface area contributed by atoms with Crippen LogP contribution in [0.4, 0.5) is 0 Å². The van der Waals surface area contributed by atoms with Crippen molar-refractivity contribution in [1.29, 1.82) is 0 Å². The molecule has 98 heavy (non-hydrogen) atoms. The number of aliphatic hydroxyl groups is 1. The van der Waals surface area contributed by atoms with Crippen molar-refractivity contribution in [2.24, 2.45) is 0 Å². The van der Waals surface area contributed by atoms with E-state index < -0.39 is 97.5 Å². The van der Waals surface area contributed by atoms with E-state index >= 15 is 0 Å². The van der Waals surface area contributed by atoms with Gasteiger partial charge in [-0.1, -0.05) is 255 Å². The first kappa shape index (κ1) is 94.5. The van der Waals surface area contributed by atoms with Crippen molar-refractivity contribution in [3.8, 4) is 0 Å². The molecule has 0 spiro atoms. The number of hydrogen-bond donors (Lipinski definition) is 3. The molecule has 0 saturated carbocycles. The lowest BCUT2D eigenvalue weighted by Crippen LogP contribution is -2.30. The molecule has 0 aromatic rings. The highest BCUT2D eigenvalue weighted by molar-refractivity contribution is 7.47. The van der Waals surface area contributed by atoms with Gasteiger partial charge in [0.25, 0.3) is 0 Å². The van der Waals surface area contributed by atoms with Crippen LogP contribution in [0.3, 0.4) is 0 Å². The fourth-order valence-electron chi connectivity index (χ4n) is 10.6. The first-order valence-electron chi connectivity index (χ1n) is 39.2. The van der Waals surface area contributed by atoms with Crippen LogP contribution in [0.15, 0.2) is 72.9 Å². The van der Waals surface area contributed by atoms with E-state index in [1.165, 1.54) is 103 Å². The lowest BCUT2D eigenvalue weighted by Gasteiger charge is -2.21. The Morgan fingerprint density at radius 2 is 0.500 bits per heavy atom. The van der Waals surface area contributed by atoms with Crippen LogP contribution < -0.4 is 0 Å². The van der Waals surface area contributed by atoms with Gasteiger partial charge in [0.05, 0.1) is 26.4 Å². The number of esters is 4. The molecule has 2 unspecified atom stereocenters. The lowest BCUT2D eigenvalue weighted by molar-refractivity contribution is -0.161. The van der Waals surface area contributed by atoms with Crippen molar-refractivity contribution in [2.45, 2.75) is 367 Å². The molecular formula is C79H142O17P2. The molecule has 0 fully saturated rings. The Kier molecular flexibility index (Phi) is 69.3. The summed E-state index contributed by atoms with van der Waals surface area (Å²) >= 11 is 0. The molecule has 0 aromatic carbocycles. The van der Waals surface area contributed by atoms with Crippen molar-refractivity contribution in [2.75, 3.05) is 39.6 Å². The van der Waals surface area contributed by atoms with Crippen LogP contribution in [0.5, 0.6) is 0 Å². The molecule has 0 aromatic heterocycles. The van der Waals surface area contributed by atoms with Crippen LogP contribution in [0, 0.1) is 0 Å². The number of allylic oxidation sites excluding steroid dienone is 12. The average Bonchev–Trinajstić information content (AvgIpc) is 1.04. The second kappa shape index (κ2) is 71.9. The van der Waals surface area contributed by atoms with Crippen LogP contribution in [-0.2, 0) is 65.4 Å². The molecule has 0 aliphatic heterocycles. The number of aliphatic hydroxyl groups excluding tert-OH is 1. The van der Waals surface area contributed by atoms with Crippen LogP contribution >= 0.6 is 15.6 Å². The lowest BCUT2D eigenvalue weighted by atomic mass is 10.1. The Morgan fingerprint density at radius 3 is 0.796 bits per heavy atom. The van der Waals surface area contributed by atoms with E-state index in [-0.39, 0.29) is 25.7 Å². The van der Waals surface area contributed by atoms with E-state index in [0.717, 1.165) is 167 Å². The number of phosphoric ester groups is 2. The third-order valence-corrected chi connectivity index (χ3v) is 18.5. The molecule has 0 aliphatic carbocycles. The van der Waals surface area contributed by atoms with E-state index in [1.54, 1.807) is 0 Å². The molecule has 0 radical (unpaired) electrons. The van der Waals surface area contributed by atoms with Gasteiger partial charge in [0.1, 0.15) is 19.3 Å². The normalized spacial score (nSPS) is 14.3. The Hall–Kier alpha value is -3.50. The fraction of sp³-hybridized carbons (Fsp3) is 0.797. The quantitative estimate of drug-likeness (QED) is 0.0169. The standard InChI is InChI=1S/C79H142O17P2/c1-5-9-13-17-21-25-29-33-36-40-44-48-52-56-60-64-77(82)90-70-75(96-79(84)66-62-58-54-50-46-42-38-35-31-27-23-19-15-11-7-3)72-94-98(87,88)92-68-73(80)67-91-97(85,86)93-71-74(69-89-76(81)63-59-55-51-47-43-39-32-28-24-20-16-12-8-4)95-78(83)65-61-57-53-49-45-41-37-34-30-26-22-18-14-10-6-2/h21,23,25,27-28,32-38,73-75,80H,5-20,22,24,26,29-31,39-72H2,1-4H3,(H,85,86)(H,87,88)/b25-21-,27-23-,32-28-,36-33-,37-34-,38-35-/t73-,74+,75+/m0/s1. The molecule has 570 valence electrons. The molecule has 0 rings (SSSR count). The van der Waals surface area contributed by atoms with Gasteiger partial charge in [0.2, 0.25) is 0 Å². The highest BCUT2D eigenvalue weighted by atomic mass is 31.2. The molecule has 0 saturated heterocycles. The summed E-state index contributed by atoms with van der Waals surface area (Å²) in [5, 5.41) is 10.6. The number of rotatable bonds is 74. The van der Waals surface area contributed by atoms with Crippen molar-refractivity contribution in [3.63, 3.8) is 0 Å². The van der Waals surface area contributed by atoms with Crippen LogP contribution in [0.25, 0.3) is 0 Å². The minimum atomic E-state index is -4.98. The van der Waals surface area contributed by atoms with Gasteiger partial charge in [-0.25, -0.2) is 9.13 Å². The summed E-state index contributed by atoms with van der Waals surface area (Å²) in [6, 6.07) is 0. The number of hydrogen-bond acceptors (Lipinski definition) is 15. The molecule has 0 bridgehead atoms. The smallest absolute Gasteiger partial charge is 0.462 e. The van der Waals surface area contributed by atoms with Gasteiger partial charge in [-0.15, -0.1) is 0 Å². The summed E-state index contributed by atoms with van der Waals surface area (Å²) in [7, 11) is -9.95. The van der Waals surface area contributed by atoms with Gasteiger partial charge in [0, 0.05) is 25.7 Å². The van der Waals surface area contributed by atoms with E-state index in [0.29, 0.717) is 25.7 Å². The SMILES string of the molecule is CCCCC/C=C\C/C=C\CCCCCCCC(=O)OC[C@H](COP(=O)(O)OC[C@@H](O)COP(=O)(O)OC[C@@H](COC(=O)CCCCCCC/C=C\CCCCCC)OC(=O)CCCCCCC/C=C\CCCCCCCC)OC(=O)CCCCCCC/C=C\C/C=C\CCCCC. The summed E-state index contributed by atoms with van der Waals surface area (Å²) < 4.78 is 68.5. The molecule has 17 nitrogen and oxygen atoms in total. The zero-order chi connectivity index (χ0) is 71.8. The number of carbonyl (C=O) groups is 4. The summed E-state index contributed by atoms with van der Waals surface area (Å²) in [4.78, 5) is 72.9. The summed E-state index contributed by atoms with van der Waals surface area (Å²) in [5.74, 6) is -2.20. The van der Waals surface area contributed by atoms with Crippen molar-refractivity contribution in [3.05, 3.63) is 72.9 Å². The Morgan fingerprint density at radius 1 is 0.286 bits per heavy atom. The van der Waals surface area contributed by atoms with E-state index in [9.17, 15) is 43.2 Å². The van der Waals surface area contributed by atoms with Crippen molar-refractivity contribution >= 4 is 39.5 Å². The van der Waals surface area contributed by atoms with Gasteiger partial charge in [0.15, 0.2) is 12.2 Å². The summed E-state index contributed by atoms with van der Waals surface area (Å²) in [6.45, 7) is 4.80. The van der Waals surface area contributed by atoms with Gasteiger partial charge >= 0.3 is 39.5 Å². The van der Waals surface area contributed by atoms with Crippen LogP contribution in [-0.4, -0.2) is 96.7 Å². The first-order valence-corrected chi connectivity index (χ1v) is 42.2. The third-order valence-electron chi connectivity index (χ3n) is 16.6. The largest absolute Gasteiger partial charge is 0.472 e. The van der Waals surface area contributed by atoms with Crippen molar-refractivity contribution < 1.29 is 80.2 Å². The van der Waals surface area contributed by atoms with Crippen LogP contribution in [0.1, 0.15) is 349 Å². The third kappa shape index (κ3) is 70.9. The highest BCUT2D eigenvalue weighted by Gasteiger charge is 2.30. The summed E-state index contributed by atoms with van der Waals surface area (Å²) in [5.41, 5.74) is 0. The topological polar surface area (TPSA) is 237 Å². The maximum Gasteiger partial charge on any atom is 0.472 e. The fourth-order valence-corrected chi connectivity index (χ4v) is 12.1.